The second kappa shape index (κ2) is 6.94. The zero-order chi connectivity index (χ0) is 11.8. The SMILES string of the molecule is CCCCCC(C=O)=Cc1ccc(F)cc1. The van der Waals surface area contributed by atoms with E-state index in [4.69, 9.17) is 0 Å². The van der Waals surface area contributed by atoms with Gasteiger partial charge in [-0.05, 0) is 42.2 Å². The second-order valence-corrected chi connectivity index (χ2v) is 3.85. The molecule has 0 atom stereocenters. The van der Waals surface area contributed by atoms with Gasteiger partial charge in [-0.25, -0.2) is 4.39 Å². The van der Waals surface area contributed by atoms with Gasteiger partial charge >= 0.3 is 0 Å². The van der Waals surface area contributed by atoms with E-state index >= 15 is 0 Å². The summed E-state index contributed by atoms with van der Waals surface area (Å²) in [5.74, 6) is -0.254. The van der Waals surface area contributed by atoms with E-state index in [1.165, 1.54) is 12.1 Å². The van der Waals surface area contributed by atoms with E-state index in [0.29, 0.717) is 0 Å². The van der Waals surface area contributed by atoms with Gasteiger partial charge in [0.15, 0.2) is 0 Å². The highest BCUT2D eigenvalue weighted by molar-refractivity contribution is 5.81. The van der Waals surface area contributed by atoms with Gasteiger partial charge in [-0.15, -0.1) is 0 Å². The van der Waals surface area contributed by atoms with Crippen molar-refractivity contribution < 1.29 is 9.18 Å². The monoisotopic (exact) mass is 220 g/mol. The number of halogens is 1. The van der Waals surface area contributed by atoms with Gasteiger partial charge in [-0.1, -0.05) is 31.9 Å². The minimum atomic E-state index is -0.254. The molecule has 0 saturated carbocycles. The van der Waals surface area contributed by atoms with Crippen LogP contribution < -0.4 is 0 Å². The Hall–Kier alpha value is -1.44. The van der Waals surface area contributed by atoms with Crippen LogP contribution in [0.2, 0.25) is 0 Å². The first-order valence-corrected chi connectivity index (χ1v) is 5.67. The Morgan fingerprint density at radius 1 is 1.25 bits per heavy atom. The fourth-order valence-electron chi connectivity index (χ4n) is 1.52. The van der Waals surface area contributed by atoms with Gasteiger partial charge in [0.25, 0.3) is 0 Å². The van der Waals surface area contributed by atoms with E-state index in [1.807, 2.05) is 6.08 Å². The Balaban J connectivity index is 2.64. The zero-order valence-electron chi connectivity index (χ0n) is 9.58. The molecule has 0 aliphatic rings. The number of unbranched alkanes of at least 4 members (excludes halogenated alkanes) is 2. The molecule has 1 aromatic rings. The van der Waals surface area contributed by atoms with Crippen molar-refractivity contribution in [2.45, 2.75) is 32.6 Å². The zero-order valence-corrected chi connectivity index (χ0v) is 9.58. The highest BCUT2D eigenvalue weighted by Crippen LogP contribution is 2.12. The van der Waals surface area contributed by atoms with Gasteiger partial charge in [0.2, 0.25) is 0 Å². The van der Waals surface area contributed by atoms with Crippen LogP contribution in [0, 0.1) is 5.82 Å². The van der Waals surface area contributed by atoms with Crippen molar-refractivity contribution in [2.24, 2.45) is 0 Å². The fourth-order valence-corrected chi connectivity index (χ4v) is 1.52. The summed E-state index contributed by atoms with van der Waals surface area (Å²) in [6, 6.07) is 6.16. The molecule has 0 radical (unpaired) electrons. The van der Waals surface area contributed by atoms with E-state index in [9.17, 15) is 9.18 Å². The summed E-state index contributed by atoms with van der Waals surface area (Å²) in [4.78, 5) is 10.8. The minimum Gasteiger partial charge on any atom is -0.298 e. The number of carbonyl (C=O) groups excluding carboxylic acids is 1. The Labute approximate surface area is 96.0 Å². The highest BCUT2D eigenvalue weighted by Gasteiger charge is 1.97. The normalized spacial score (nSPS) is 11.5. The van der Waals surface area contributed by atoms with Gasteiger partial charge in [0, 0.05) is 0 Å². The molecule has 1 nitrogen and oxygen atoms in total. The molecule has 0 bridgehead atoms. The molecule has 0 aliphatic heterocycles. The predicted molar refractivity (Wildman–Crippen MR) is 64.6 cm³/mol. The molecule has 86 valence electrons. The van der Waals surface area contributed by atoms with Crippen LogP contribution in [0.5, 0.6) is 0 Å². The van der Waals surface area contributed by atoms with Gasteiger partial charge in [0.05, 0.1) is 0 Å². The molecule has 0 aliphatic carbocycles. The molecular weight excluding hydrogens is 203 g/mol. The molecule has 0 aromatic heterocycles. The van der Waals surface area contributed by atoms with Crippen LogP contribution in [-0.4, -0.2) is 6.29 Å². The van der Waals surface area contributed by atoms with Gasteiger partial charge in [-0.3, -0.25) is 4.79 Å². The maximum atomic E-state index is 12.7. The van der Waals surface area contributed by atoms with Crippen LogP contribution in [0.3, 0.4) is 0 Å². The number of aldehydes is 1. The summed E-state index contributed by atoms with van der Waals surface area (Å²) in [6.07, 6.45) is 6.81. The van der Waals surface area contributed by atoms with Crippen LogP contribution >= 0.6 is 0 Å². The van der Waals surface area contributed by atoms with E-state index < -0.39 is 0 Å². The molecule has 0 unspecified atom stereocenters. The Morgan fingerprint density at radius 3 is 2.50 bits per heavy atom. The maximum absolute atomic E-state index is 12.7. The van der Waals surface area contributed by atoms with E-state index in [-0.39, 0.29) is 5.82 Å². The van der Waals surface area contributed by atoms with E-state index in [0.717, 1.165) is 43.1 Å². The lowest BCUT2D eigenvalue weighted by atomic mass is 10.1. The number of benzene rings is 1. The standard InChI is InChI=1S/C14H17FO/c1-2-3-4-5-13(11-16)10-12-6-8-14(15)9-7-12/h6-11H,2-5H2,1H3. The summed E-state index contributed by atoms with van der Waals surface area (Å²) in [7, 11) is 0. The molecule has 0 fully saturated rings. The van der Waals surface area contributed by atoms with Crippen molar-refractivity contribution in [3.8, 4) is 0 Å². The van der Waals surface area contributed by atoms with Crippen LogP contribution in [0.4, 0.5) is 4.39 Å². The lowest BCUT2D eigenvalue weighted by molar-refractivity contribution is -0.105. The maximum Gasteiger partial charge on any atom is 0.146 e. The molecule has 0 amide bonds. The van der Waals surface area contributed by atoms with E-state index in [2.05, 4.69) is 6.92 Å². The summed E-state index contributed by atoms with van der Waals surface area (Å²) < 4.78 is 12.7. The molecule has 2 heteroatoms. The van der Waals surface area contributed by atoms with Crippen molar-refractivity contribution >= 4 is 12.4 Å². The largest absolute Gasteiger partial charge is 0.298 e. The molecule has 0 saturated heterocycles. The average molecular weight is 220 g/mol. The molecular formula is C14H17FO. The van der Waals surface area contributed by atoms with Crippen LogP contribution in [0.1, 0.15) is 38.2 Å². The van der Waals surface area contributed by atoms with Crippen LogP contribution in [-0.2, 0) is 4.79 Å². The fraction of sp³-hybridized carbons (Fsp3) is 0.357. The third kappa shape index (κ3) is 4.39. The van der Waals surface area contributed by atoms with Crippen molar-refractivity contribution in [3.05, 3.63) is 41.2 Å². The van der Waals surface area contributed by atoms with Crippen molar-refractivity contribution in [1.29, 1.82) is 0 Å². The number of allylic oxidation sites excluding steroid dienone is 1. The van der Waals surface area contributed by atoms with E-state index in [1.54, 1.807) is 12.1 Å². The van der Waals surface area contributed by atoms with Crippen LogP contribution in [0.15, 0.2) is 29.8 Å². The molecule has 1 aromatic carbocycles. The summed E-state index contributed by atoms with van der Waals surface area (Å²) in [6.45, 7) is 2.13. The predicted octanol–water partition coefficient (Wildman–Crippen LogP) is 3.99. The molecule has 0 heterocycles. The van der Waals surface area contributed by atoms with Gasteiger partial charge in [-0.2, -0.15) is 0 Å². The number of hydrogen-bond acceptors (Lipinski definition) is 1. The summed E-state index contributed by atoms with van der Waals surface area (Å²) in [5, 5.41) is 0. The topological polar surface area (TPSA) is 17.1 Å². The number of hydrogen-bond donors (Lipinski definition) is 0. The van der Waals surface area contributed by atoms with Crippen LogP contribution in [0.25, 0.3) is 6.08 Å². The molecule has 0 N–H and O–H groups in total. The van der Waals surface area contributed by atoms with Crippen molar-refractivity contribution in [1.82, 2.24) is 0 Å². The molecule has 0 spiro atoms. The number of carbonyl (C=O) groups is 1. The minimum absolute atomic E-state index is 0.254. The summed E-state index contributed by atoms with van der Waals surface area (Å²) in [5.41, 5.74) is 1.65. The average Bonchev–Trinajstić information content (AvgIpc) is 2.31. The van der Waals surface area contributed by atoms with Gasteiger partial charge < -0.3 is 0 Å². The first-order chi connectivity index (χ1) is 7.76. The van der Waals surface area contributed by atoms with Crippen molar-refractivity contribution in [3.63, 3.8) is 0 Å². The first kappa shape index (κ1) is 12.6. The third-order valence-corrected chi connectivity index (χ3v) is 2.44. The Morgan fingerprint density at radius 2 is 1.94 bits per heavy atom. The Bertz CT molecular complexity index is 352. The summed E-state index contributed by atoms with van der Waals surface area (Å²) >= 11 is 0. The third-order valence-electron chi connectivity index (χ3n) is 2.44. The highest BCUT2D eigenvalue weighted by atomic mass is 19.1. The Kier molecular flexibility index (Phi) is 5.48. The lowest BCUT2D eigenvalue weighted by Gasteiger charge is -2.00. The smallest absolute Gasteiger partial charge is 0.146 e. The van der Waals surface area contributed by atoms with Crippen molar-refractivity contribution in [2.75, 3.05) is 0 Å². The number of rotatable bonds is 6. The quantitative estimate of drug-likeness (QED) is 0.402. The lowest BCUT2D eigenvalue weighted by Crippen LogP contribution is -1.86. The first-order valence-electron chi connectivity index (χ1n) is 5.67. The molecule has 1 rings (SSSR count). The van der Waals surface area contributed by atoms with Gasteiger partial charge in [0.1, 0.15) is 12.1 Å². The molecule has 16 heavy (non-hydrogen) atoms. The second-order valence-electron chi connectivity index (χ2n) is 3.85.